The number of nitrogens with one attached hydrogen (secondary N) is 1. The van der Waals surface area contributed by atoms with Crippen molar-refractivity contribution in [3.8, 4) is 0 Å². The molecule has 1 N–H and O–H groups in total. The lowest BCUT2D eigenvalue weighted by Crippen LogP contribution is -2.48. The topological polar surface area (TPSA) is 33.7 Å². The SMILES string of the molecule is COCC1C=C(OC)CC(CN[C@@H](CN2CCC(C3CCC(Cl)CC3)CC2)C(C)C)C1. The molecule has 1 heterocycles. The summed E-state index contributed by atoms with van der Waals surface area (Å²) in [6, 6.07) is 0.556. The standard InChI is InChI=1S/C26H47ClN2O2/c1-19(2)26(28-16-20-13-21(18-30-3)15-25(14-20)31-4)17-29-11-9-23(10-12-29)22-5-7-24(27)8-6-22/h15,19-24,26,28H,5-14,16-18H2,1-4H3/t20?,21?,22?,24?,26-/m0/s1. The Labute approximate surface area is 196 Å². The van der Waals surface area contributed by atoms with Crippen LogP contribution in [0.4, 0.5) is 0 Å². The number of methoxy groups -OCH3 is 2. The molecular weight excluding hydrogens is 408 g/mol. The van der Waals surface area contributed by atoms with Crippen molar-refractivity contribution >= 4 is 11.6 Å². The van der Waals surface area contributed by atoms with Crippen molar-refractivity contribution in [2.45, 2.75) is 76.6 Å². The van der Waals surface area contributed by atoms with Crippen LogP contribution in [0.3, 0.4) is 0 Å². The molecule has 3 aliphatic rings. The van der Waals surface area contributed by atoms with E-state index in [1.54, 1.807) is 14.2 Å². The Morgan fingerprint density at radius 1 is 1.06 bits per heavy atom. The van der Waals surface area contributed by atoms with E-state index in [0.29, 0.717) is 29.2 Å². The van der Waals surface area contributed by atoms with Gasteiger partial charge in [-0.1, -0.05) is 13.8 Å². The summed E-state index contributed by atoms with van der Waals surface area (Å²) in [6.45, 7) is 10.3. The predicted molar refractivity (Wildman–Crippen MR) is 131 cm³/mol. The monoisotopic (exact) mass is 454 g/mol. The molecule has 31 heavy (non-hydrogen) atoms. The molecule has 0 aromatic rings. The van der Waals surface area contributed by atoms with Crippen molar-refractivity contribution in [3.05, 3.63) is 11.8 Å². The number of ether oxygens (including phenoxy) is 2. The highest BCUT2D eigenvalue weighted by Crippen LogP contribution is 2.37. The molecule has 2 unspecified atom stereocenters. The fourth-order valence-corrected chi connectivity index (χ4v) is 6.35. The van der Waals surface area contributed by atoms with Crippen molar-refractivity contribution < 1.29 is 9.47 Å². The summed E-state index contributed by atoms with van der Waals surface area (Å²) in [5, 5.41) is 4.39. The van der Waals surface area contributed by atoms with E-state index < -0.39 is 0 Å². The molecule has 2 aliphatic carbocycles. The highest BCUT2D eigenvalue weighted by molar-refractivity contribution is 6.20. The van der Waals surface area contributed by atoms with Gasteiger partial charge in [0, 0.05) is 37.4 Å². The number of piperidine rings is 1. The number of hydrogen-bond acceptors (Lipinski definition) is 4. The number of nitrogens with zero attached hydrogens (tertiary/aromatic N) is 1. The molecular formula is C26H47ClN2O2. The Morgan fingerprint density at radius 3 is 2.35 bits per heavy atom. The Kier molecular flexibility index (Phi) is 10.5. The van der Waals surface area contributed by atoms with Crippen LogP contribution in [0.5, 0.6) is 0 Å². The second-order valence-corrected chi connectivity index (χ2v) is 11.4. The Hall–Kier alpha value is -0.290. The number of rotatable bonds is 10. The normalized spacial score (nSPS) is 32.1. The smallest absolute Gasteiger partial charge is 0.0922 e. The third kappa shape index (κ3) is 7.91. The zero-order valence-corrected chi connectivity index (χ0v) is 21.2. The van der Waals surface area contributed by atoms with E-state index in [-0.39, 0.29) is 0 Å². The van der Waals surface area contributed by atoms with E-state index in [1.807, 2.05) is 0 Å². The molecule has 0 radical (unpaired) electrons. The maximum atomic E-state index is 6.33. The van der Waals surface area contributed by atoms with Gasteiger partial charge in [0.2, 0.25) is 0 Å². The van der Waals surface area contributed by atoms with Crippen LogP contribution in [0.2, 0.25) is 0 Å². The minimum absolute atomic E-state index is 0.443. The number of hydrogen-bond donors (Lipinski definition) is 1. The summed E-state index contributed by atoms with van der Waals surface area (Å²) in [4.78, 5) is 2.72. The maximum Gasteiger partial charge on any atom is 0.0922 e. The van der Waals surface area contributed by atoms with Crippen LogP contribution in [-0.4, -0.2) is 63.3 Å². The van der Waals surface area contributed by atoms with Gasteiger partial charge in [0.15, 0.2) is 0 Å². The zero-order valence-electron chi connectivity index (χ0n) is 20.5. The first-order chi connectivity index (χ1) is 15.0. The van der Waals surface area contributed by atoms with Crippen LogP contribution in [0, 0.1) is 29.6 Å². The first-order valence-corrected chi connectivity index (χ1v) is 13.3. The molecule has 0 bridgehead atoms. The van der Waals surface area contributed by atoms with Crippen molar-refractivity contribution in [1.82, 2.24) is 10.2 Å². The van der Waals surface area contributed by atoms with Gasteiger partial charge >= 0.3 is 0 Å². The van der Waals surface area contributed by atoms with Gasteiger partial charge in [-0.25, -0.2) is 0 Å². The molecule has 5 heteroatoms. The number of likely N-dealkylation sites (tertiary alicyclic amines) is 1. The lowest BCUT2D eigenvalue weighted by molar-refractivity contribution is 0.110. The molecule has 1 saturated carbocycles. The van der Waals surface area contributed by atoms with Gasteiger partial charge in [-0.3, -0.25) is 0 Å². The molecule has 0 spiro atoms. The molecule has 4 nitrogen and oxygen atoms in total. The second kappa shape index (κ2) is 12.8. The molecule has 0 amide bonds. The largest absolute Gasteiger partial charge is 0.501 e. The Balaban J connectivity index is 1.42. The number of halogens is 1. The van der Waals surface area contributed by atoms with Crippen molar-refractivity contribution in [2.75, 3.05) is 47.0 Å². The maximum absolute atomic E-state index is 6.33. The second-order valence-electron chi connectivity index (χ2n) is 10.8. The molecule has 180 valence electrons. The quantitative estimate of drug-likeness (QED) is 0.453. The third-order valence-electron chi connectivity index (χ3n) is 8.12. The van der Waals surface area contributed by atoms with Crippen molar-refractivity contribution in [2.24, 2.45) is 29.6 Å². The van der Waals surface area contributed by atoms with Gasteiger partial charge in [0.1, 0.15) is 0 Å². The molecule has 3 atom stereocenters. The van der Waals surface area contributed by atoms with E-state index in [2.05, 4.69) is 30.1 Å². The van der Waals surface area contributed by atoms with Gasteiger partial charge in [-0.2, -0.15) is 0 Å². The Bertz CT molecular complexity index is 540. The summed E-state index contributed by atoms with van der Waals surface area (Å²) in [5.74, 6) is 4.75. The van der Waals surface area contributed by atoms with E-state index in [1.165, 1.54) is 64.6 Å². The van der Waals surface area contributed by atoms with Gasteiger partial charge in [0.25, 0.3) is 0 Å². The minimum atomic E-state index is 0.443. The average molecular weight is 455 g/mol. The molecule has 1 saturated heterocycles. The molecule has 3 rings (SSSR count). The third-order valence-corrected chi connectivity index (χ3v) is 8.56. The van der Waals surface area contributed by atoms with Gasteiger partial charge < -0.3 is 19.7 Å². The van der Waals surface area contributed by atoms with Gasteiger partial charge in [0.05, 0.1) is 19.5 Å². The minimum Gasteiger partial charge on any atom is -0.501 e. The predicted octanol–water partition coefficient (Wildman–Crippen LogP) is 5.31. The van der Waals surface area contributed by atoms with Gasteiger partial charge in [-0.15, -0.1) is 11.6 Å². The summed E-state index contributed by atoms with van der Waals surface area (Å²) in [5.41, 5.74) is 0. The van der Waals surface area contributed by atoms with Crippen LogP contribution in [-0.2, 0) is 9.47 Å². The van der Waals surface area contributed by atoms with Crippen LogP contribution < -0.4 is 5.32 Å². The summed E-state index contributed by atoms with van der Waals surface area (Å²) in [6.07, 6.45) is 12.5. The Morgan fingerprint density at radius 2 is 1.74 bits per heavy atom. The molecule has 2 fully saturated rings. The first-order valence-electron chi connectivity index (χ1n) is 12.8. The lowest BCUT2D eigenvalue weighted by atomic mass is 9.75. The van der Waals surface area contributed by atoms with Crippen LogP contribution in [0.1, 0.15) is 65.2 Å². The van der Waals surface area contributed by atoms with Crippen LogP contribution >= 0.6 is 11.6 Å². The average Bonchev–Trinajstić information content (AvgIpc) is 2.77. The fourth-order valence-electron chi connectivity index (χ4n) is 6.10. The van der Waals surface area contributed by atoms with Crippen LogP contribution in [0.25, 0.3) is 0 Å². The van der Waals surface area contributed by atoms with E-state index in [9.17, 15) is 0 Å². The summed E-state index contributed by atoms with van der Waals surface area (Å²) >= 11 is 6.33. The van der Waals surface area contributed by atoms with E-state index in [0.717, 1.165) is 37.2 Å². The summed E-state index contributed by atoms with van der Waals surface area (Å²) < 4.78 is 11.0. The zero-order chi connectivity index (χ0) is 22.2. The van der Waals surface area contributed by atoms with E-state index >= 15 is 0 Å². The highest BCUT2D eigenvalue weighted by Gasteiger charge is 2.31. The number of alkyl halides is 1. The van der Waals surface area contributed by atoms with E-state index in [4.69, 9.17) is 21.1 Å². The van der Waals surface area contributed by atoms with Crippen LogP contribution in [0.15, 0.2) is 11.8 Å². The van der Waals surface area contributed by atoms with Gasteiger partial charge in [-0.05, 0) is 94.3 Å². The number of allylic oxidation sites excluding steroid dienone is 1. The first kappa shape index (κ1) is 25.3. The highest BCUT2D eigenvalue weighted by atomic mass is 35.5. The molecule has 1 aliphatic heterocycles. The molecule has 0 aromatic heterocycles. The lowest BCUT2D eigenvalue weighted by Gasteiger charge is -2.40. The summed E-state index contributed by atoms with van der Waals surface area (Å²) in [7, 11) is 3.59. The van der Waals surface area contributed by atoms with Crippen molar-refractivity contribution in [1.29, 1.82) is 0 Å². The molecule has 0 aromatic carbocycles. The fraction of sp³-hybridized carbons (Fsp3) is 0.923. The van der Waals surface area contributed by atoms with Crippen molar-refractivity contribution in [3.63, 3.8) is 0 Å².